The zero-order valence-corrected chi connectivity index (χ0v) is 16.3. The summed E-state index contributed by atoms with van der Waals surface area (Å²) < 4.78 is 53.0. The number of nitrogens with zero attached hydrogens (tertiary/aromatic N) is 3. The molecule has 2 aromatic rings. The van der Waals surface area contributed by atoms with E-state index in [1.807, 2.05) is 0 Å². The molecule has 0 saturated carbocycles. The van der Waals surface area contributed by atoms with Gasteiger partial charge in [-0.05, 0) is 30.2 Å². The number of nitriles is 1. The van der Waals surface area contributed by atoms with Gasteiger partial charge in [0.2, 0.25) is 5.88 Å². The summed E-state index contributed by atoms with van der Waals surface area (Å²) in [5, 5.41) is 16.1. The van der Waals surface area contributed by atoms with Crippen molar-refractivity contribution in [1.29, 1.82) is 5.26 Å². The molecule has 8 nitrogen and oxygen atoms in total. The number of rotatable bonds is 5. The first-order valence-corrected chi connectivity index (χ1v) is 9.72. The van der Waals surface area contributed by atoms with Crippen LogP contribution in [0.2, 0.25) is 0 Å². The van der Waals surface area contributed by atoms with Gasteiger partial charge in [-0.2, -0.15) is 10.4 Å². The van der Waals surface area contributed by atoms with Crippen LogP contribution in [0.5, 0.6) is 11.6 Å². The summed E-state index contributed by atoms with van der Waals surface area (Å²) in [5.74, 6) is 0.615. The van der Waals surface area contributed by atoms with E-state index >= 15 is 0 Å². The molecule has 1 amide bonds. The standard InChI is InChI=1S/C20H19F3N4O4/c21-20(22,23)30-6-4-15-3-5-27-18(31-15)9-16(26-27)19(28)25-14-8-13-7-12(10-24)1-2-17(13)29-11-14/h1-2,7,9,14-15H,3-6,8,11H2,(H,25,28)/t14-,15?/m1/s1. The average Bonchev–Trinajstić information content (AvgIpc) is 3.16. The fraction of sp³-hybridized carbons (Fsp3) is 0.450. The quantitative estimate of drug-likeness (QED) is 0.774. The van der Waals surface area contributed by atoms with Crippen LogP contribution < -0.4 is 14.8 Å². The third-order valence-corrected chi connectivity index (χ3v) is 5.06. The lowest BCUT2D eigenvalue weighted by atomic mass is 10.0. The summed E-state index contributed by atoms with van der Waals surface area (Å²) in [4.78, 5) is 12.6. The minimum absolute atomic E-state index is 0.0791. The Kier molecular flexibility index (Phi) is 5.73. The van der Waals surface area contributed by atoms with Crippen LogP contribution in [-0.2, 0) is 17.7 Å². The number of amides is 1. The summed E-state index contributed by atoms with van der Waals surface area (Å²) >= 11 is 0. The summed E-state index contributed by atoms with van der Waals surface area (Å²) in [5.41, 5.74) is 1.51. The fourth-order valence-corrected chi connectivity index (χ4v) is 3.59. The number of benzene rings is 1. The van der Waals surface area contributed by atoms with Crippen molar-refractivity contribution in [3.05, 3.63) is 41.1 Å². The summed E-state index contributed by atoms with van der Waals surface area (Å²) in [6.45, 7) is 0.221. The van der Waals surface area contributed by atoms with E-state index in [1.54, 1.807) is 18.2 Å². The number of aromatic nitrogens is 2. The number of carbonyl (C=O) groups excluding carboxylic acids is 1. The highest BCUT2D eigenvalue weighted by molar-refractivity contribution is 5.92. The molecule has 0 fully saturated rings. The smallest absolute Gasteiger partial charge is 0.491 e. The Labute approximate surface area is 175 Å². The van der Waals surface area contributed by atoms with E-state index in [4.69, 9.17) is 14.7 Å². The molecule has 0 aliphatic carbocycles. The van der Waals surface area contributed by atoms with Crippen LogP contribution in [0, 0.1) is 11.3 Å². The number of alkyl halides is 3. The maximum atomic E-state index is 12.6. The number of carbonyl (C=O) groups is 1. The Morgan fingerprint density at radius 2 is 2.23 bits per heavy atom. The normalized spacial score (nSPS) is 19.9. The molecule has 0 radical (unpaired) electrons. The number of hydrogen-bond donors (Lipinski definition) is 1. The van der Waals surface area contributed by atoms with E-state index < -0.39 is 25.0 Å². The van der Waals surface area contributed by atoms with E-state index in [0.717, 1.165) is 5.56 Å². The van der Waals surface area contributed by atoms with Gasteiger partial charge in [0, 0.05) is 25.5 Å². The number of ether oxygens (including phenoxy) is 3. The summed E-state index contributed by atoms with van der Waals surface area (Å²) in [7, 11) is 0. The van der Waals surface area contributed by atoms with E-state index in [1.165, 1.54) is 10.7 Å². The zero-order chi connectivity index (χ0) is 22.0. The number of hydrogen-bond acceptors (Lipinski definition) is 6. The third-order valence-electron chi connectivity index (χ3n) is 5.06. The van der Waals surface area contributed by atoms with Crippen LogP contribution in [0.3, 0.4) is 0 Å². The Hall–Kier alpha value is -3.26. The number of fused-ring (bicyclic) bond motifs is 2. The van der Waals surface area contributed by atoms with Crippen LogP contribution in [0.4, 0.5) is 13.2 Å². The van der Waals surface area contributed by atoms with Gasteiger partial charge < -0.3 is 14.8 Å². The van der Waals surface area contributed by atoms with Gasteiger partial charge in [-0.3, -0.25) is 9.53 Å². The Bertz CT molecular complexity index is 1010. The Balaban J connectivity index is 1.34. The van der Waals surface area contributed by atoms with Gasteiger partial charge in [0.15, 0.2) is 5.69 Å². The minimum atomic E-state index is -4.67. The lowest BCUT2D eigenvalue weighted by molar-refractivity contribution is -0.325. The molecule has 2 aliphatic heterocycles. The van der Waals surface area contributed by atoms with Gasteiger partial charge in [0.1, 0.15) is 18.5 Å². The van der Waals surface area contributed by atoms with Crippen molar-refractivity contribution >= 4 is 5.91 Å². The predicted octanol–water partition coefficient (Wildman–Crippen LogP) is 2.57. The third kappa shape index (κ3) is 5.08. The van der Waals surface area contributed by atoms with Gasteiger partial charge in [0.25, 0.3) is 5.91 Å². The zero-order valence-electron chi connectivity index (χ0n) is 16.3. The van der Waals surface area contributed by atoms with Crippen LogP contribution in [-0.4, -0.2) is 47.4 Å². The van der Waals surface area contributed by atoms with Crippen molar-refractivity contribution < 1.29 is 32.2 Å². The maximum absolute atomic E-state index is 12.6. The fourth-order valence-electron chi connectivity index (χ4n) is 3.59. The molecule has 31 heavy (non-hydrogen) atoms. The van der Waals surface area contributed by atoms with Crippen molar-refractivity contribution in [2.45, 2.75) is 44.3 Å². The molecule has 1 aromatic heterocycles. The second-order valence-electron chi connectivity index (χ2n) is 7.32. The first kappa shape index (κ1) is 21.0. The van der Waals surface area contributed by atoms with Crippen LogP contribution in [0.1, 0.15) is 34.5 Å². The van der Waals surface area contributed by atoms with Crippen molar-refractivity contribution in [3.8, 4) is 17.7 Å². The molecule has 2 aliphatic rings. The average molecular weight is 436 g/mol. The van der Waals surface area contributed by atoms with E-state index in [0.29, 0.717) is 36.6 Å². The molecule has 0 spiro atoms. The second kappa shape index (κ2) is 8.47. The lowest BCUT2D eigenvalue weighted by Gasteiger charge is -2.25. The molecule has 11 heteroatoms. The van der Waals surface area contributed by atoms with Gasteiger partial charge in [0.05, 0.1) is 24.3 Å². The SMILES string of the molecule is N#Cc1ccc2c(c1)C[C@@H](NC(=O)c1cc3n(n1)CCC(CCOC(F)(F)F)O3)CO2. The number of halogens is 3. The topological polar surface area (TPSA) is 98.4 Å². The van der Waals surface area contributed by atoms with Crippen molar-refractivity contribution in [1.82, 2.24) is 15.1 Å². The summed E-state index contributed by atoms with van der Waals surface area (Å²) in [6.07, 6.45) is -4.05. The number of nitrogens with one attached hydrogen (secondary N) is 1. The molecule has 3 heterocycles. The largest absolute Gasteiger partial charge is 0.522 e. The molecule has 1 N–H and O–H groups in total. The molecule has 164 valence electrons. The lowest BCUT2D eigenvalue weighted by Crippen LogP contribution is -2.42. The van der Waals surface area contributed by atoms with E-state index in [9.17, 15) is 18.0 Å². The van der Waals surface area contributed by atoms with Crippen LogP contribution in [0.15, 0.2) is 24.3 Å². The maximum Gasteiger partial charge on any atom is 0.522 e. The van der Waals surface area contributed by atoms with Gasteiger partial charge in [-0.25, -0.2) is 4.68 Å². The van der Waals surface area contributed by atoms with E-state index in [-0.39, 0.29) is 24.8 Å². The molecular weight excluding hydrogens is 417 g/mol. The van der Waals surface area contributed by atoms with Crippen LogP contribution in [0.25, 0.3) is 0 Å². The number of aryl methyl sites for hydroxylation is 1. The monoisotopic (exact) mass is 436 g/mol. The minimum Gasteiger partial charge on any atom is -0.491 e. The van der Waals surface area contributed by atoms with Gasteiger partial charge in [-0.1, -0.05) is 0 Å². The molecule has 1 aromatic carbocycles. The molecule has 2 atom stereocenters. The highest BCUT2D eigenvalue weighted by Crippen LogP contribution is 2.27. The van der Waals surface area contributed by atoms with E-state index in [2.05, 4.69) is 21.2 Å². The van der Waals surface area contributed by atoms with Gasteiger partial charge in [-0.15, -0.1) is 13.2 Å². The second-order valence-corrected chi connectivity index (χ2v) is 7.32. The highest BCUT2D eigenvalue weighted by atomic mass is 19.4. The molecular formula is C20H19F3N4O4. The molecule has 0 saturated heterocycles. The Morgan fingerprint density at radius 3 is 3.00 bits per heavy atom. The predicted molar refractivity (Wildman–Crippen MR) is 99.5 cm³/mol. The van der Waals surface area contributed by atoms with Crippen molar-refractivity contribution in [3.63, 3.8) is 0 Å². The van der Waals surface area contributed by atoms with Crippen molar-refractivity contribution in [2.24, 2.45) is 0 Å². The molecule has 4 rings (SSSR count). The van der Waals surface area contributed by atoms with Crippen LogP contribution >= 0.6 is 0 Å². The summed E-state index contributed by atoms with van der Waals surface area (Å²) in [6, 6.07) is 8.41. The first-order chi connectivity index (χ1) is 14.8. The highest BCUT2D eigenvalue weighted by Gasteiger charge is 2.31. The first-order valence-electron chi connectivity index (χ1n) is 9.72. The Morgan fingerprint density at radius 1 is 1.39 bits per heavy atom. The van der Waals surface area contributed by atoms with Crippen molar-refractivity contribution in [2.75, 3.05) is 13.2 Å². The molecule has 0 bridgehead atoms. The molecule has 1 unspecified atom stereocenters. The van der Waals surface area contributed by atoms with Gasteiger partial charge >= 0.3 is 6.36 Å².